The number of rotatable bonds is 4. The number of terminal acetylenes is 1. The second-order valence-corrected chi connectivity index (χ2v) is 11.3. The van der Waals surface area contributed by atoms with Crippen molar-refractivity contribution in [3.8, 4) is 12.8 Å². The Morgan fingerprint density at radius 3 is 1.98 bits per heavy atom. The SMILES string of the molecule is C#C.C=C(C)C.CC.CCC1CCc2c(c3cc(CO)ccc3n2CC)C1.CCn1c(C)c(C)c2c1CCCCC2.CO. The molecule has 0 amide bonds. The Balaban J connectivity index is 0.000000648. The van der Waals surface area contributed by atoms with Gasteiger partial charge in [0.15, 0.2) is 0 Å². The number of fused-ring (bicyclic) bond motifs is 4. The van der Waals surface area contributed by atoms with Crippen LogP contribution in [-0.2, 0) is 45.4 Å². The van der Waals surface area contributed by atoms with Crippen molar-refractivity contribution in [2.45, 2.75) is 140 Å². The van der Waals surface area contributed by atoms with E-state index < -0.39 is 0 Å². The molecule has 43 heavy (non-hydrogen) atoms. The van der Waals surface area contributed by atoms with E-state index in [1.807, 2.05) is 27.7 Å². The molecule has 4 heteroatoms. The normalized spacial score (nSPS) is 14.6. The zero-order chi connectivity index (χ0) is 33.1. The quantitative estimate of drug-likeness (QED) is 0.180. The predicted molar refractivity (Wildman–Crippen MR) is 190 cm³/mol. The van der Waals surface area contributed by atoms with Crippen molar-refractivity contribution >= 4 is 10.9 Å². The number of nitrogens with zero attached hydrogens (tertiary/aromatic N) is 2. The minimum atomic E-state index is 0.138. The fourth-order valence-corrected chi connectivity index (χ4v) is 6.40. The molecule has 2 aliphatic carbocycles. The molecule has 242 valence electrons. The van der Waals surface area contributed by atoms with Gasteiger partial charge in [-0.3, -0.25) is 0 Å². The zero-order valence-electron chi connectivity index (χ0n) is 29.4. The van der Waals surface area contributed by atoms with Crippen molar-refractivity contribution in [3.63, 3.8) is 0 Å². The Morgan fingerprint density at radius 2 is 1.44 bits per heavy atom. The van der Waals surface area contributed by atoms with Crippen LogP contribution in [0.25, 0.3) is 10.9 Å². The van der Waals surface area contributed by atoms with E-state index in [0.717, 1.165) is 31.7 Å². The average molecular weight is 593 g/mol. The van der Waals surface area contributed by atoms with Gasteiger partial charge in [-0.15, -0.1) is 19.4 Å². The minimum Gasteiger partial charge on any atom is -0.400 e. The molecule has 1 unspecified atom stereocenters. The van der Waals surface area contributed by atoms with Crippen LogP contribution in [0.5, 0.6) is 0 Å². The van der Waals surface area contributed by atoms with Gasteiger partial charge in [0.25, 0.3) is 0 Å². The van der Waals surface area contributed by atoms with E-state index in [1.54, 1.807) is 22.4 Å². The third-order valence-electron chi connectivity index (χ3n) is 8.44. The van der Waals surface area contributed by atoms with Crippen LogP contribution in [0.15, 0.2) is 30.4 Å². The maximum Gasteiger partial charge on any atom is 0.0682 e. The Kier molecular flexibility index (Phi) is 20.5. The van der Waals surface area contributed by atoms with Gasteiger partial charge in [-0.1, -0.05) is 45.3 Å². The van der Waals surface area contributed by atoms with E-state index in [9.17, 15) is 5.11 Å². The molecule has 0 aliphatic heterocycles. The van der Waals surface area contributed by atoms with Gasteiger partial charge in [-0.05, 0) is 127 Å². The van der Waals surface area contributed by atoms with Gasteiger partial charge >= 0.3 is 0 Å². The molecule has 0 radical (unpaired) electrons. The monoisotopic (exact) mass is 592 g/mol. The van der Waals surface area contributed by atoms with Gasteiger partial charge in [0.05, 0.1) is 6.61 Å². The molecular weight excluding hydrogens is 528 g/mol. The summed E-state index contributed by atoms with van der Waals surface area (Å²) in [4.78, 5) is 0. The topological polar surface area (TPSA) is 50.3 Å². The molecule has 0 bridgehead atoms. The first kappa shape index (κ1) is 40.3. The summed E-state index contributed by atoms with van der Waals surface area (Å²) in [6.45, 7) is 25.2. The van der Waals surface area contributed by atoms with Crippen molar-refractivity contribution in [2.75, 3.05) is 7.11 Å². The Hall–Kier alpha value is -2.74. The molecule has 0 fully saturated rings. The number of hydrogen-bond donors (Lipinski definition) is 2. The van der Waals surface area contributed by atoms with Gasteiger partial charge in [-0.25, -0.2) is 0 Å². The van der Waals surface area contributed by atoms with Crippen LogP contribution in [0.1, 0.15) is 120 Å². The fraction of sp³-hybridized carbons (Fsp3) is 0.590. The van der Waals surface area contributed by atoms with E-state index in [2.05, 4.69) is 81.4 Å². The van der Waals surface area contributed by atoms with Crippen molar-refractivity contribution in [1.29, 1.82) is 0 Å². The van der Waals surface area contributed by atoms with Crippen LogP contribution in [0.2, 0.25) is 0 Å². The maximum absolute atomic E-state index is 9.36. The summed E-state index contributed by atoms with van der Waals surface area (Å²) in [5, 5.41) is 17.7. The van der Waals surface area contributed by atoms with E-state index in [-0.39, 0.29) is 6.61 Å². The first-order valence-corrected chi connectivity index (χ1v) is 16.6. The number of aryl methyl sites for hydroxylation is 1. The third-order valence-corrected chi connectivity index (χ3v) is 8.44. The average Bonchev–Trinajstić information content (AvgIpc) is 3.33. The summed E-state index contributed by atoms with van der Waals surface area (Å²) in [5.41, 5.74) is 13.0. The van der Waals surface area contributed by atoms with Gasteiger partial charge in [0, 0.05) is 48.2 Å². The van der Waals surface area contributed by atoms with Crippen molar-refractivity contribution in [1.82, 2.24) is 9.13 Å². The van der Waals surface area contributed by atoms with Gasteiger partial charge in [0.1, 0.15) is 0 Å². The largest absolute Gasteiger partial charge is 0.400 e. The van der Waals surface area contributed by atoms with Gasteiger partial charge in [0.2, 0.25) is 0 Å². The van der Waals surface area contributed by atoms with Crippen LogP contribution in [0.4, 0.5) is 0 Å². The molecular formula is C39H64N2O2. The molecule has 0 saturated carbocycles. The lowest BCUT2D eigenvalue weighted by molar-refractivity contribution is 0.282. The zero-order valence-corrected chi connectivity index (χ0v) is 29.4. The van der Waals surface area contributed by atoms with Gasteiger partial charge < -0.3 is 19.3 Å². The molecule has 2 heterocycles. The summed E-state index contributed by atoms with van der Waals surface area (Å²) in [5.74, 6) is 0.834. The lowest BCUT2D eigenvalue weighted by Crippen LogP contribution is -2.15. The summed E-state index contributed by atoms with van der Waals surface area (Å²) in [6, 6.07) is 6.43. The van der Waals surface area contributed by atoms with Crippen LogP contribution in [0.3, 0.4) is 0 Å². The van der Waals surface area contributed by atoms with E-state index in [1.165, 1.54) is 85.7 Å². The minimum absolute atomic E-state index is 0.138. The van der Waals surface area contributed by atoms with Crippen LogP contribution in [-0.4, -0.2) is 26.5 Å². The van der Waals surface area contributed by atoms with E-state index in [4.69, 9.17) is 5.11 Å². The van der Waals surface area contributed by atoms with E-state index >= 15 is 0 Å². The van der Waals surface area contributed by atoms with Gasteiger partial charge in [-0.2, -0.15) is 0 Å². The summed E-state index contributed by atoms with van der Waals surface area (Å²) >= 11 is 0. The highest BCUT2D eigenvalue weighted by Crippen LogP contribution is 2.36. The highest BCUT2D eigenvalue weighted by atomic mass is 16.3. The summed E-state index contributed by atoms with van der Waals surface area (Å²) < 4.78 is 4.99. The molecule has 0 spiro atoms. The Bertz CT molecular complexity index is 1240. The molecule has 5 rings (SSSR count). The third kappa shape index (κ3) is 10.7. The molecule has 4 nitrogen and oxygen atoms in total. The first-order chi connectivity index (χ1) is 20.8. The molecule has 1 aromatic carbocycles. The Labute approximate surface area is 265 Å². The predicted octanol–water partition coefficient (Wildman–Crippen LogP) is 9.53. The molecule has 0 saturated heterocycles. The van der Waals surface area contributed by atoms with Crippen molar-refractivity contribution < 1.29 is 10.2 Å². The standard InChI is InChI=1S/C17H23NO.C13H21N.C4H8.C2H6.C2H2.CH4O/c1-3-12-5-7-16-14(9-12)15-10-13(11-19)6-8-17(15)18(16)4-2;1-4-14-11(3)10(2)12-8-6-5-7-9-13(12)14;1-4(2)3;3*1-2/h6,8,10,12,19H,3-5,7,9,11H2,1-2H3;4-9H2,1-3H3;1H2,2-3H3;1-2H3;1-2H;2H,1H3. The molecule has 3 aromatic rings. The number of aromatic nitrogens is 2. The number of hydrogen-bond acceptors (Lipinski definition) is 2. The Morgan fingerprint density at radius 1 is 0.884 bits per heavy atom. The fourth-order valence-electron chi connectivity index (χ4n) is 6.40. The molecule has 2 N–H and O–H groups in total. The number of benzene rings is 1. The lowest BCUT2D eigenvalue weighted by Gasteiger charge is -2.22. The highest BCUT2D eigenvalue weighted by molar-refractivity contribution is 5.86. The second-order valence-electron chi connectivity index (χ2n) is 11.3. The lowest BCUT2D eigenvalue weighted by atomic mass is 9.85. The molecule has 2 aliphatic rings. The van der Waals surface area contributed by atoms with E-state index in [0.29, 0.717) is 0 Å². The smallest absolute Gasteiger partial charge is 0.0682 e. The van der Waals surface area contributed by atoms with Crippen LogP contribution in [0, 0.1) is 32.6 Å². The van der Waals surface area contributed by atoms with Crippen LogP contribution >= 0.6 is 0 Å². The first-order valence-electron chi connectivity index (χ1n) is 16.6. The van der Waals surface area contributed by atoms with Crippen molar-refractivity contribution in [2.24, 2.45) is 5.92 Å². The number of aliphatic hydroxyl groups is 2. The number of aliphatic hydroxyl groups excluding tert-OH is 2. The maximum atomic E-state index is 9.36. The van der Waals surface area contributed by atoms with Crippen LogP contribution < -0.4 is 0 Å². The number of allylic oxidation sites excluding steroid dienone is 1. The second kappa shape index (κ2) is 21.9. The molecule has 2 aromatic heterocycles. The summed E-state index contributed by atoms with van der Waals surface area (Å²) in [7, 11) is 1.00. The summed E-state index contributed by atoms with van der Waals surface area (Å²) in [6.07, 6.45) is 19.8. The van der Waals surface area contributed by atoms with Crippen molar-refractivity contribution in [3.05, 3.63) is 69.7 Å². The highest BCUT2D eigenvalue weighted by Gasteiger charge is 2.24. The molecule has 1 atom stereocenters.